The fourth-order valence-electron chi connectivity index (χ4n) is 3.42. The van der Waals surface area contributed by atoms with Crippen LogP contribution in [0.5, 0.6) is 11.5 Å². The molecule has 0 atom stereocenters. The molecule has 3 heterocycles. The zero-order chi connectivity index (χ0) is 18.5. The second-order valence-corrected chi connectivity index (χ2v) is 6.49. The Morgan fingerprint density at radius 3 is 2.75 bits per heavy atom. The van der Waals surface area contributed by atoms with E-state index < -0.39 is 0 Å². The van der Waals surface area contributed by atoms with Gasteiger partial charge in [0, 0.05) is 17.1 Å². The van der Waals surface area contributed by atoms with Crippen molar-refractivity contribution in [2.24, 2.45) is 0 Å². The third-order valence-corrected chi connectivity index (χ3v) is 4.78. The number of hydrogen-bond acceptors (Lipinski definition) is 6. The fourth-order valence-corrected chi connectivity index (χ4v) is 3.42. The Morgan fingerprint density at radius 1 is 0.821 bits per heavy atom. The van der Waals surface area contributed by atoms with Crippen molar-refractivity contribution >= 4 is 22.0 Å². The number of benzene rings is 3. The summed E-state index contributed by atoms with van der Waals surface area (Å²) in [5.74, 6) is 2.35. The summed E-state index contributed by atoms with van der Waals surface area (Å²) < 4.78 is 16.9. The van der Waals surface area contributed by atoms with Gasteiger partial charge in [-0.2, -0.15) is 0 Å². The summed E-state index contributed by atoms with van der Waals surface area (Å²) in [6.45, 7) is 0.246. The van der Waals surface area contributed by atoms with Crippen LogP contribution in [0.2, 0.25) is 0 Å². The molecular weight excluding hydrogens is 354 g/mol. The molecule has 0 radical (unpaired) electrons. The Morgan fingerprint density at radius 2 is 1.75 bits per heavy atom. The van der Waals surface area contributed by atoms with Crippen molar-refractivity contribution in [1.29, 1.82) is 0 Å². The molecule has 0 N–H and O–H groups in total. The van der Waals surface area contributed by atoms with Crippen LogP contribution in [0.25, 0.3) is 44.8 Å². The lowest BCUT2D eigenvalue weighted by molar-refractivity contribution is 0.174. The van der Waals surface area contributed by atoms with Crippen LogP contribution in [0.3, 0.4) is 0 Å². The van der Waals surface area contributed by atoms with Gasteiger partial charge >= 0.3 is 0 Å². The van der Waals surface area contributed by atoms with E-state index in [1.54, 1.807) is 6.20 Å². The molecule has 1 aliphatic rings. The normalized spacial score (nSPS) is 12.7. The SMILES string of the molecule is c1ccc2nc(-c3nc4c(-c5ccc6c(c5)OCO6)cccc4o3)ncc2c1. The highest BCUT2D eigenvalue weighted by molar-refractivity contribution is 5.92. The van der Waals surface area contributed by atoms with Crippen LogP contribution < -0.4 is 9.47 Å². The topological polar surface area (TPSA) is 70.3 Å². The maximum absolute atomic E-state index is 5.97. The van der Waals surface area contributed by atoms with Crippen LogP contribution >= 0.6 is 0 Å². The van der Waals surface area contributed by atoms with Gasteiger partial charge < -0.3 is 13.9 Å². The number of oxazole rings is 1. The number of para-hydroxylation sites is 2. The number of fused-ring (bicyclic) bond motifs is 3. The van der Waals surface area contributed by atoms with E-state index in [1.807, 2.05) is 60.7 Å². The van der Waals surface area contributed by atoms with Crippen LogP contribution in [-0.4, -0.2) is 21.7 Å². The van der Waals surface area contributed by atoms with Gasteiger partial charge in [0.05, 0.1) is 5.52 Å². The fraction of sp³-hybridized carbons (Fsp3) is 0.0455. The van der Waals surface area contributed by atoms with E-state index in [0.717, 1.165) is 39.0 Å². The number of aromatic nitrogens is 3. The molecule has 5 aromatic rings. The maximum Gasteiger partial charge on any atom is 0.266 e. The lowest BCUT2D eigenvalue weighted by Crippen LogP contribution is -1.92. The Labute approximate surface area is 159 Å². The summed E-state index contributed by atoms with van der Waals surface area (Å²) in [6, 6.07) is 19.5. The molecule has 2 aromatic heterocycles. The van der Waals surface area contributed by atoms with Crippen LogP contribution in [0, 0.1) is 0 Å². The Balaban J connectivity index is 1.50. The minimum absolute atomic E-state index is 0.246. The lowest BCUT2D eigenvalue weighted by Gasteiger charge is -2.03. The Hall–Kier alpha value is -3.93. The van der Waals surface area contributed by atoms with Crippen LogP contribution in [0.15, 0.2) is 71.3 Å². The highest BCUT2D eigenvalue weighted by Crippen LogP contribution is 2.38. The maximum atomic E-state index is 5.97. The third kappa shape index (κ3) is 2.31. The van der Waals surface area contributed by atoms with Gasteiger partial charge in [-0.1, -0.05) is 36.4 Å². The molecule has 28 heavy (non-hydrogen) atoms. The van der Waals surface area contributed by atoms with Crippen LogP contribution in [0.1, 0.15) is 0 Å². The van der Waals surface area contributed by atoms with E-state index in [2.05, 4.69) is 9.97 Å². The van der Waals surface area contributed by atoms with Crippen LogP contribution in [-0.2, 0) is 0 Å². The quantitative estimate of drug-likeness (QED) is 0.445. The number of hydrogen-bond donors (Lipinski definition) is 0. The van der Waals surface area contributed by atoms with Crippen molar-refractivity contribution in [3.05, 3.63) is 66.9 Å². The first-order valence-corrected chi connectivity index (χ1v) is 8.87. The Kier molecular flexibility index (Phi) is 3.13. The molecule has 3 aromatic carbocycles. The minimum atomic E-state index is 0.246. The molecule has 0 amide bonds. The molecule has 0 aliphatic carbocycles. The summed E-state index contributed by atoms with van der Waals surface area (Å²) in [4.78, 5) is 13.7. The van der Waals surface area contributed by atoms with E-state index in [4.69, 9.17) is 18.9 Å². The molecule has 1 aliphatic heterocycles. The molecule has 6 rings (SSSR count). The van der Waals surface area contributed by atoms with Gasteiger partial charge in [0.15, 0.2) is 17.1 Å². The number of ether oxygens (including phenoxy) is 2. The monoisotopic (exact) mass is 367 g/mol. The second kappa shape index (κ2) is 5.79. The molecule has 0 unspecified atom stereocenters. The predicted octanol–water partition coefficient (Wildman–Crippen LogP) is 4.83. The standard InChI is InChI=1S/C22H13N3O3/c1-2-6-16-14(4-1)11-23-21(24-16)22-25-20-15(5-3-7-18(20)28-22)13-8-9-17-19(10-13)27-12-26-17/h1-11H,12H2. The van der Waals surface area contributed by atoms with Crippen molar-refractivity contribution in [2.45, 2.75) is 0 Å². The zero-order valence-corrected chi connectivity index (χ0v) is 14.6. The van der Waals surface area contributed by atoms with Gasteiger partial charge in [0.25, 0.3) is 5.89 Å². The number of rotatable bonds is 2. The molecule has 6 nitrogen and oxygen atoms in total. The van der Waals surface area contributed by atoms with Gasteiger partial charge in [0.2, 0.25) is 12.6 Å². The minimum Gasteiger partial charge on any atom is -0.454 e. The molecule has 0 spiro atoms. The Bertz CT molecular complexity index is 1360. The van der Waals surface area contributed by atoms with E-state index in [9.17, 15) is 0 Å². The van der Waals surface area contributed by atoms with Crippen molar-refractivity contribution in [3.63, 3.8) is 0 Å². The molecule has 0 saturated carbocycles. The number of nitrogens with zero attached hydrogens (tertiary/aromatic N) is 3. The summed E-state index contributed by atoms with van der Waals surface area (Å²) in [5, 5.41) is 0.975. The zero-order valence-electron chi connectivity index (χ0n) is 14.6. The van der Waals surface area contributed by atoms with Crippen molar-refractivity contribution < 1.29 is 13.9 Å². The molecule has 0 fully saturated rings. The predicted molar refractivity (Wildman–Crippen MR) is 104 cm³/mol. The van der Waals surface area contributed by atoms with Gasteiger partial charge in [-0.25, -0.2) is 15.0 Å². The molecular formula is C22H13N3O3. The summed E-state index contributed by atoms with van der Waals surface area (Å²) in [6.07, 6.45) is 1.78. The second-order valence-electron chi connectivity index (χ2n) is 6.49. The van der Waals surface area contributed by atoms with Crippen LogP contribution in [0.4, 0.5) is 0 Å². The van der Waals surface area contributed by atoms with Crippen molar-refractivity contribution in [2.75, 3.05) is 6.79 Å². The van der Waals surface area contributed by atoms with Crippen molar-refractivity contribution in [3.8, 4) is 34.3 Å². The van der Waals surface area contributed by atoms with Gasteiger partial charge in [-0.15, -0.1) is 0 Å². The van der Waals surface area contributed by atoms with Gasteiger partial charge in [-0.05, 0) is 29.8 Å². The molecule has 134 valence electrons. The molecule has 0 bridgehead atoms. The highest BCUT2D eigenvalue weighted by atomic mass is 16.7. The largest absolute Gasteiger partial charge is 0.454 e. The molecule has 6 heteroatoms. The van der Waals surface area contributed by atoms with Gasteiger partial charge in [0.1, 0.15) is 5.52 Å². The van der Waals surface area contributed by atoms with E-state index >= 15 is 0 Å². The first-order valence-electron chi connectivity index (χ1n) is 8.87. The lowest BCUT2D eigenvalue weighted by atomic mass is 10.0. The highest BCUT2D eigenvalue weighted by Gasteiger charge is 2.18. The average Bonchev–Trinajstić information content (AvgIpc) is 3.39. The first kappa shape index (κ1) is 15.2. The van der Waals surface area contributed by atoms with Crippen molar-refractivity contribution in [1.82, 2.24) is 15.0 Å². The average molecular weight is 367 g/mol. The van der Waals surface area contributed by atoms with E-state index in [-0.39, 0.29) is 6.79 Å². The smallest absolute Gasteiger partial charge is 0.266 e. The van der Waals surface area contributed by atoms with E-state index in [1.165, 1.54) is 0 Å². The summed E-state index contributed by atoms with van der Waals surface area (Å²) in [5.41, 5.74) is 4.22. The third-order valence-electron chi connectivity index (χ3n) is 4.78. The first-order chi connectivity index (χ1) is 13.8. The van der Waals surface area contributed by atoms with Gasteiger partial charge in [-0.3, -0.25) is 0 Å². The summed E-state index contributed by atoms with van der Waals surface area (Å²) in [7, 11) is 0. The van der Waals surface area contributed by atoms with E-state index in [0.29, 0.717) is 17.3 Å². The molecule has 0 saturated heterocycles. The summed E-state index contributed by atoms with van der Waals surface area (Å²) >= 11 is 0.